The highest BCUT2D eigenvalue weighted by molar-refractivity contribution is 4.76. The smallest absolute Gasteiger partial charge is 0.0587 e. The van der Waals surface area contributed by atoms with Gasteiger partial charge in [-0.25, -0.2) is 0 Å². The molecule has 1 rings (SSSR count). The molecular formula is C11H23NO. The van der Waals surface area contributed by atoms with Crippen LogP contribution < -0.4 is 5.32 Å². The van der Waals surface area contributed by atoms with Gasteiger partial charge in [-0.2, -0.15) is 0 Å². The predicted molar refractivity (Wildman–Crippen MR) is 55.9 cm³/mol. The lowest BCUT2D eigenvalue weighted by Gasteiger charge is -2.10. The lowest BCUT2D eigenvalue weighted by atomic mass is 10.0. The number of rotatable bonds is 6. The standard InChI is InChI=1S/C11H23NO/c1-3-10-4-5-11(8-10)9-12-6-7-13-2/h10-12H,3-9H2,1-2H3. The van der Waals surface area contributed by atoms with E-state index in [1.54, 1.807) is 7.11 Å². The van der Waals surface area contributed by atoms with Crippen LogP contribution in [0.4, 0.5) is 0 Å². The fourth-order valence-corrected chi connectivity index (χ4v) is 2.22. The number of hydrogen-bond acceptors (Lipinski definition) is 2. The van der Waals surface area contributed by atoms with Crippen LogP contribution in [0.3, 0.4) is 0 Å². The minimum Gasteiger partial charge on any atom is -0.383 e. The molecule has 1 aliphatic rings. The van der Waals surface area contributed by atoms with E-state index in [0.717, 1.165) is 25.0 Å². The molecule has 0 radical (unpaired) electrons. The molecule has 0 aliphatic heterocycles. The highest BCUT2D eigenvalue weighted by Gasteiger charge is 2.22. The Bertz CT molecular complexity index is 127. The fraction of sp³-hybridized carbons (Fsp3) is 1.00. The number of methoxy groups -OCH3 is 1. The molecule has 1 fully saturated rings. The van der Waals surface area contributed by atoms with Crippen molar-refractivity contribution < 1.29 is 4.74 Å². The third kappa shape index (κ3) is 4.10. The van der Waals surface area contributed by atoms with Crippen molar-refractivity contribution in [1.29, 1.82) is 0 Å². The normalized spacial score (nSPS) is 28.2. The number of nitrogens with one attached hydrogen (secondary N) is 1. The Balaban J connectivity index is 1.97. The second-order valence-corrected chi connectivity index (χ2v) is 4.15. The summed E-state index contributed by atoms with van der Waals surface area (Å²) < 4.78 is 4.99. The van der Waals surface area contributed by atoms with Crippen LogP contribution in [0.15, 0.2) is 0 Å². The Morgan fingerprint density at radius 2 is 2.08 bits per heavy atom. The largest absolute Gasteiger partial charge is 0.383 e. The Morgan fingerprint density at radius 3 is 2.69 bits per heavy atom. The third-order valence-electron chi connectivity index (χ3n) is 3.14. The van der Waals surface area contributed by atoms with Crippen molar-refractivity contribution in [2.45, 2.75) is 32.6 Å². The molecule has 2 unspecified atom stereocenters. The molecule has 1 aliphatic carbocycles. The summed E-state index contributed by atoms with van der Waals surface area (Å²) >= 11 is 0. The Morgan fingerprint density at radius 1 is 1.31 bits per heavy atom. The topological polar surface area (TPSA) is 21.3 Å². The maximum atomic E-state index is 4.99. The molecule has 0 saturated heterocycles. The number of ether oxygens (including phenoxy) is 1. The SMILES string of the molecule is CCC1CCC(CNCCOC)C1. The second kappa shape index (κ2) is 6.39. The van der Waals surface area contributed by atoms with E-state index in [9.17, 15) is 0 Å². The maximum Gasteiger partial charge on any atom is 0.0587 e. The quantitative estimate of drug-likeness (QED) is 0.639. The first-order valence-corrected chi connectivity index (χ1v) is 5.56. The van der Waals surface area contributed by atoms with E-state index in [1.165, 1.54) is 32.2 Å². The van der Waals surface area contributed by atoms with Crippen LogP contribution in [0.5, 0.6) is 0 Å². The first-order valence-electron chi connectivity index (χ1n) is 5.56. The summed E-state index contributed by atoms with van der Waals surface area (Å²) in [5.74, 6) is 1.94. The Hall–Kier alpha value is -0.0800. The third-order valence-corrected chi connectivity index (χ3v) is 3.14. The van der Waals surface area contributed by atoms with Crippen molar-refractivity contribution in [1.82, 2.24) is 5.32 Å². The van der Waals surface area contributed by atoms with Gasteiger partial charge < -0.3 is 10.1 Å². The summed E-state index contributed by atoms with van der Waals surface area (Å²) in [4.78, 5) is 0. The van der Waals surface area contributed by atoms with E-state index in [-0.39, 0.29) is 0 Å². The molecule has 2 heteroatoms. The van der Waals surface area contributed by atoms with E-state index in [4.69, 9.17) is 4.74 Å². The molecule has 13 heavy (non-hydrogen) atoms. The average molecular weight is 185 g/mol. The van der Waals surface area contributed by atoms with Gasteiger partial charge in [0.25, 0.3) is 0 Å². The minimum absolute atomic E-state index is 0.837. The summed E-state index contributed by atoms with van der Waals surface area (Å²) in [6, 6.07) is 0. The Kier molecular flexibility index (Phi) is 5.40. The first-order chi connectivity index (χ1) is 6.36. The molecule has 0 spiro atoms. The molecule has 1 saturated carbocycles. The lowest BCUT2D eigenvalue weighted by Crippen LogP contribution is -2.25. The molecule has 1 N–H and O–H groups in total. The van der Waals surface area contributed by atoms with Crippen molar-refractivity contribution >= 4 is 0 Å². The predicted octanol–water partition coefficient (Wildman–Crippen LogP) is 2.05. The summed E-state index contributed by atoms with van der Waals surface area (Å²) in [6.45, 7) is 5.35. The van der Waals surface area contributed by atoms with Gasteiger partial charge in [-0.1, -0.05) is 19.8 Å². The second-order valence-electron chi connectivity index (χ2n) is 4.15. The number of hydrogen-bond donors (Lipinski definition) is 1. The van der Waals surface area contributed by atoms with Crippen LogP contribution >= 0.6 is 0 Å². The van der Waals surface area contributed by atoms with Gasteiger partial charge in [0, 0.05) is 13.7 Å². The van der Waals surface area contributed by atoms with Crippen LogP contribution in [-0.2, 0) is 4.74 Å². The van der Waals surface area contributed by atoms with Crippen molar-refractivity contribution in [2.75, 3.05) is 26.8 Å². The first kappa shape index (κ1) is 11.0. The van der Waals surface area contributed by atoms with E-state index in [0.29, 0.717) is 0 Å². The van der Waals surface area contributed by atoms with Crippen LogP contribution in [0.1, 0.15) is 32.6 Å². The van der Waals surface area contributed by atoms with Gasteiger partial charge in [0.05, 0.1) is 6.61 Å². The van der Waals surface area contributed by atoms with Crippen molar-refractivity contribution in [3.05, 3.63) is 0 Å². The highest BCUT2D eigenvalue weighted by atomic mass is 16.5. The molecule has 0 amide bonds. The molecular weight excluding hydrogens is 162 g/mol. The molecule has 0 bridgehead atoms. The van der Waals surface area contributed by atoms with Gasteiger partial charge in [-0.05, 0) is 31.2 Å². The van der Waals surface area contributed by atoms with E-state index >= 15 is 0 Å². The van der Waals surface area contributed by atoms with E-state index in [2.05, 4.69) is 12.2 Å². The van der Waals surface area contributed by atoms with Crippen molar-refractivity contribution in [3.63, 3.8) is 0 Å². The summed E-state index contributed by atoms with van der Waals surface area (Å²) in [5, 5.41) is 3.45. The van der Waals surface area contributed by atoms with Gasteiger partial charge in [0.1, 0.15) is 0 Å². The van der Waals surface area contributed by atoms with Gasteiger partial charge in [-0.3, -0.25) is 0 Å². The fourth-order valence-electron chi connectivity index (χ4n) is 2.22. The van der Waals surface area contributed by atoms with Crippen molar-refractivity contribution in [3.8, 4) is 0 Å². The summed E-state index contributed by atoms with van der Waals surface area (Å²) in [7, 11) is 1.75. The zero-order valence-corrected chi connectivity index (χ0v) is 9.01. The summed E-state index contributed by atoms with van der Waals surface area (Å²) in [5.41, 5.74) is 0. The van der Waals surface area contributed by atoms with Crippen LogP contribution in [0, 0.1) is 11.8 Å². The van der Waals surface area contributed by atoms with E-state index < -0.39 is 0 Å². The highest BCUT2D eigenvalue weighted by Crippen LogP contribution is 2.32. The monoisotopic (exact) mass is 185 g/mol. The molecule has 2 nitrogen and oxygen atoms in total. The average Bonchev–Trinajstić information content (AvgIpc) is 2.60. The van der Waals surface area contributed by atoms with Crippen LogP contribution in [0.2, 0.25) is 0 Å². The Labute approximate surface area is 82.0 Å². The molecule has 0 heterocycles. The molecule has 0 aromatic carbocycles. The van der Waals surface area contributed by atoms with Gasteiger partial charge in [0.2, 0.25) is 0 Å². The lowest BCUT2D eigenvalue weighted by molar-refractivity contribution is 0.197. The van der Waals surface area contributed by atoms with Crippen LogP contribution in [0.25, 0.3) is 0 Å². The van der Waals surface area contributed by atoms with E-state index in [1.807, 2.05) is 0 Å². The van der Waals surface area contributed by atoms with Gasteiger partial charge >= 0.3 is 0 Å². The minimum atomic E-state index is 0.837. The van der Waals surface area contributed by atoms with Crippen LogP contribution in [-0.4, -0.2) is 26.8 Å². The maximum absolute atomic E-state index is 4.99. The summed E-state index contributed by atoms with van der Waals surface area (Å²) in [6.07, 6.45) is 5.69. The van der Waals surface area contributed by atoms with Crippen molar-refractivity contribution in [2.24, 2.45) is 11.8 Å². The molecule has 0 aromatic rings. The van der Waals surface area contributed by atoms with Gasteiger partial charge in [-0.15, -0.1) is 0 Å². The molecule has 2 atom stereocenters. The molecule has 0 aromatic heterocycles. The zero-order valence-electron chi connectivity index (χ0n) is 9.01. The van der Waals surface area contributed by atoms with Gasteiger partial charge in [0.15, 0.2) is 0 Å². The zero-order chi connectivity index (χ0) is 9.52. The molecule has 78 valence electrons.